The van der Waals surface area contributed by atoms with Crippen LogP contribution in [0.4, 0.5) is 0 Å². The number of carboxylic acid groups (broad SMARTS) is 1. The molecule has 1 aliphatic carbocycles. The molecule has 5 nitrogen and oxygen atoms in total. The third-order valence-electron chi connectivity index (χ3n) is 2.71. The minimum Gasteiger partial charge on any atom is -0.481 e. The second kappa shape index (κ2) is 4.02. The molecule has 0 aromatic carbocycles. The molecule has 1 aliphatic rings. The summed E-state index contributed by atoms with van der Waals surface area (Å²) < 4.78 is 6.72. The van der Waals surface area contributed by atoms with Crippen LogP contribution in [0.15, 0.2) is 12.4 Å². The molecule has 0 bridgehead atoms. The molecule has 0 amide bonds. The summed E-state index contributed by atoms with van der Waals surface area (Å²) in [6, 6.07) is 0. The fourth-order valence-corrected chi connectivity index (χ4v) is 1.71. The third kappa shape index (κ3) is 2.18. The van der Waals surface area contributed by atoms with Gasteiger partial charge in [0.2, 0.25) is 0 Å². The molecule has 0 radical (unpaired) electrons. The normalized spacial score (nSPS) is 24.1. The Morgan fingerprint density at radius 3 is 3.20 bits per heavy atom. The summed E-state index contributed by atoms with van der Waals surface area (Å²) in [6.07, 6.45) is 4.40. The molecule has 82 valence electrons. The fourth-order valence-electron chi connectivity index (χ4n) is 1.71. The van der Waals surface area contributed by atoms with Crippen LogP contribution in [0, 0.1) is 5.92 Å². The van der Waals surface area contributed by atoms with E-state index in [2.05, 4.69) is 5.10 Å². The Kier molecular flexibility index (Phi) is 2.73. The Hall–Kier alpha value is -1.36. The van der Waals surface area contributed by atoms with E-state index in [1.165, 1.54) is 0 Å². The summed E-state index contributed by atoms with van der Waals surface area (Å²) in [5.41, 5.74) is 1.03. The van der Waals surface area contributed by atoms with Crippen molar-refractivity contribution in [2.45, 2.75) is 18.9 Å². The maximum atomic E-state index is 10.7. The number of hydrogen-bond acceptors (Lipinski definition) is 3. The maximum absolute atomic E-state index is 10.7. The summed E-state index contributed by atoms with van der Waals surface area (Å²) in [5.74, 6) is -0.742. The van der Waals surface area contributed by atoms with E-state index in [9.17, 15) is 4.79 Å². The van der Waals surface area contributed by atoms with E-state index in [0.29, 0.717) is 13.2 Å². The van der Waals surface area contributed by atoms with E-state index in [1.807, 2.05) is 6.20 Å². The smallest absolute Gasteiger partial charge is 0.307 e. The second-order valence-electron chi connectivity index (χ2n) is 3.82. The number of carboxylic acids is 1. The first-order valence-corrected chi connectivity index (χ1v) is 4.96. The van der Waals surface area contributed by atoms with Crippen LogP contribution in [0.5, 0.6) is 0 Å². The number of carbonyl (C=O) groups is 1. The number of ether oxygens (including phenoxy) is 1. The summed E-state index contributed by atoms with van der Waals surface area (Å²) in [4.78, 5) is 10.7. The van der Waals surface area contributed by atoms with Crippen LogP contribution in [0.2, 0.25) is 0 Å². The first-order valence-electron chi connectivity index (χ1n) is 4.96. The summed E-state index contributed by atoms with van der Waals surface area (Å²) in [6.45, 7) is 1.33. The summed E-state index contributed by atoms with van der Waals surface area (Å²) >= 11 is 0. The SMILES string of the molecule is COCCn1cc(C2CC2C(=O)O)cn1. The van der Waals surface area contributed by atoms with Gasteiger partial charge in [0.25, 0.3) is 0 Å². The number of nitrogens with zero attached hydrogens (tertiary/aromatic N) is 2. The Balaban J connectivity index is 1.94. The van der Waals surface area contributed by atoms with Gasteiger partial charge in [-0.1, -0.05) is 0 Å². The van der Waals surface area contributed by atoms with Gasteiger partial charge < -0.3 is 9.84 Å². The molecule has 2 atom stereocenters. The second-order valence-corrected chi connectivity index (χ2v) is 3.82. The molecule has 5 heteroatoms. The highest BCUT2D eigenvalue weighted by Crippen LogP contribution is 2.47. The molecule has 0 aliphatic heterocycles. The molecule has 1 aromatic heterocycles. The molecule has 1 fully saturated rings. The monoisotopic (exact) mass is 210 g/mol. The molecule has 2 rings (SSSR count). The van der Waals surface area contributed by atoms with Gasteiger partial charge in [-0.15, -0.1) is 0 Å². The van der Waals surface area contributed by atoms with Gasteiger partial charge in [-0.3, -0.25) is 9.48 Å². The van der Waals surface area contributed by atoms with Gasteiger partial charge >= 0.3 is 5.97 Å². The van der Waals surface area contributed by atoms with Crippen molar-refractivity contribution < 1.29 is 14.6 Å². The number of aromatic nitrogens is 2. The molecule has 1 saturated carbocycles. The van der Waals surface area contributed by atoms with Gasteiger partial charge in [0.15, 0.2) is 0 Å². The number of methoxy groups -OCH3 is 1. The molecule has 0 saturated heterocycles. The highest BCUT2D eigenvalue weighted by Gasteiger charge is 2.44. The van der Waals surface area contributed by atoms with Gasteiger partial charge in [0.05, 0.1) is 25.3 Å². The van der Waals surface area contributed by atoms with E-state index in [0.717, 1.165) is 12.0 Å². The van der Waals surface area contributed by atoms with Gasteiger partial charge in [-0.05, 0) is 12.0 Å². The first kappa shape index (κ1) is 10.2. The predicted molar refractivity (Wildman–Crippen MR) is 52.6 cm³/mol. The molecule has 1 N–H and O–H groups in total. The van der Waals surface area contributed by atoms with Crippen molar-refractivity contribution in [3.63, 3.8) is 0 Å². The van der Waals surface area contributed by atoms with E-state index in [1.54, 1.807) is 18.0 Å². The lowest BCUT2D eigenvalue weighted by molar-refractivity contribution is -0.138. The predicted octanol–water partition coefficient (Wildman–Crippen LogP) is 0.718. The lowest BCUT2D eigenvalue weighted by atomic mass is 10.2. The molecule has 15 heavy (non-hydrogen) atoms. The van der Waals surface area contributed by atoms with Crippen LogP contribution in [0.25, 0.3) is 0 Å². The van der Waals surface area contributed by atoms with Crippen LogP contribution >= 0.6 is 0 Å². The highest BCUT2D eigenvalue weighted by atomic mass is 16.5. The highest BCUT2D eigenvalue weighted by molar-refractivity contribution is 5.75. The topological polar surface area (TPSA) is 64.3 Å². The van der Waals surface area contributed by atoms with Crippen molar-refractivity contribution in [1.29, 1.82) is 0 Å². The van der Waals surface area contributed by atoms with Crippen molar-refractivity contribution in [1.82, 2.24) is 9.78 Å². The van der Waals surface area contributed by atoms with Crippen LogP contribution < -0.4 is 0 Å². The summed E-state index contributed by atoms with van der Waals surface area (Å²) in [7, 11) is 1.64. The zero-order valence-corrected chi connectivity index (χ0v) is 8.59. The molecule has 2 unspecified atom stereocenters. The Morgan fingerprint density at radius 2 is 2.60 bits per heavy atom. The Bertz CT molecular complexity index is 361. The van der Waals surface area contributed by atoms with E-state index in [-0.39, 0.29) is 11.8 Å². The quantitative estimate of drug-likeness (QED) is 0.777. The van der Waals surface area contributed by atoms with Gasteiger partial charge in [-0.25, -0.2) is 0 Å². The molecule has 1 aromatic rings. The average Bonchev–Trinajstić information content (AvgIpc) is 2.89. The molecular formula is C10H14N2O3. The van der Waals surface area contributed by atoms with Crippen LogP contribution in [0.1, 0.15) is 17.9 Å². The van der Waals surface area contributed by atoms with Crippen molar-refractivity contribution in [2.24, 2.45) is 5.92 Å². The van der Waals surface area contributed by atoms with Crippen LogP contribution in [-0.2, 0) is 16.1 Å². The Labute approximate surface area is 87.7 Å². The van der Waals surface area contributed by atoms with Gasteiger partial charge in [0, 0.05) is 19.2 Å². The minimum absolute atomic E-state index is 0.166. The maximum Gasteiger partial charge on any atom is 0.307 e. The fraction of sp³-hybridized carbons (Fsp3) is 0.600. The number of aliphatic carboxylic acids is 1. The standard InChI is InChI=1S/C10H14N2O3/c1-15-3-2-12-6-7(5-11-12)8-4-9(8)10(13)14/h5-6,8-9H,2-4H2,1H3,(H,13,14). The van der Waals surface area contributed by atoms with E-state index < -0.39 is 5.97 Å². The van der Waals surface area contributed by atoms with Crippen molar-refractivity contribution >= 4 is 5.97 Å². The van der Waals surface area contributed by atoms with E-state index >= 15 is 0 Å². The average molecular weight is 210 g/mol. The van der Waals surface area contributed by atoms with Crippen molar-refractivity contribution in [2.75, 3.05) is 13.7 Å². The molecular weight excluding hydrogens is 196 g/mol. The molecule has 0 spiro atoms. The number of rotatable bonds is 5. The minimum atomic E-state index is -0.704. The number of hydrogen-bond donors (Lipinski definition) is 1. The van der Waals surface area contributed by atoms with Gasteiger partial charge in [0.1, 0.15) is 0 Å². The lowest BCUT2D eigenvalue weighted by Crippen LogP contribution is -2.04. The largest absolute Gasteiger partial charge is 0.481 e. The molecule has 1 heterocycles. The van der Waals surface area contributed by atoms with Crippen molar-refractivity contribution in [3.05, 3.63) is 18.0 Å². The third-order valence-corrected chi connectivity index (χ3v) is 2.71. The lowest BCUT2D eigenvalue weighted by Gasteiger charge is -1.98. The van der Waals surface area contributed by atoms with Crippen molar-refractivity contribution in [3.8, 4) is 0 Å². The van der Waals surface area contributed by atoms with Crippen LogP contribution in [-0.4, -0.2) is 34.6 Å². The van der Waals surface area contributed by atoms with Crippen LogP contribution in [0.3, 0.4) is 0 Å². The first-order chi connectivity index (χ1) is 7.22. The Morgan fingerprint density at radius 1 is 1.80 bits per heavy atom. The van der Waals surface area contributed by atoms with Gasteiger partial charge in [-0.2, -0.15) is 5.10 Å². The zero-order valence-electron chi connectivity index (χ0n) is 8.59. The van der Waals surface area contributed by atoms with E-state index in [4.69, 9.17) is 9.84 Å². The summed E-state index contributed by atoms with van der Waals surface area (Å²) in [5, 5.41) is 12.9. The zero-order chi connectivity index (χ0) is 10.8.